The van der Waals surface area contributed by atoms with Crippen molar-refractivity contribution in [3.8, 4) is 39.4 Å². The summed E-state index contributed by atoms with van der Waals surface area (Å²) >= 11 is 1.39. The van der Waals surface area contributed by atoms with Gasteiger partial charge in [-0.25, -0.2) is 22.5 Å². The summed E-state index contributed by atoms with van der Waals surface area (Å²) in [5.41, 5.74) is 6.61. The molecule has 0 bridgehead atoms. The summed E-state index contributed by atoms with van der Waals surface area (Å²) in [6, 6.07) is 11.7. The first-order valence-corrected chi connectivity index (χ1v) is 17.2. The SMILES string of the molecule is C=CC(=O)N1CCc2ccc(-c3nc(-c4cnc5c(c4)CN(CC(F)F)CC5)c4ccsc4c3-c3c(F)cc(F)cc3OCCOC)cc2C1. The van der Waals surface area contributed by atoms with E-state index >= 15 is 4.39 Å². The molecule has 12 heteroatoms. The van der Waals surface area contributed by atoms with Crippen molar-refractivity contribution >= 4 is 27.3 Å². The second kappa shape index (κ2) is 14.3. The van der Waals surface area contributed by atoms with Crippen LogP contribution in [0.15, 0.2) is 66.7 Å². The molecule has 0 saturated heterocycles. The molecule has 7 nitrogen and oxygen atoms in total. The summed E-state index contributed by atoms with van der Waals surface area (Å²) in [5, 5.41) is 2.61. The number of halogens is 4. The van der Waals surface area contributed by atoms with Crippen molar-refractivity contribution in [2.75, 3.05) is 40.0 Å². The molecular formula is C38H34F4N4O3S. The quantitative estimate of drug-likeness (QED) is 0.0845. The Labute approximate surface area is 290 Å². The molecule has 2 aliphatic heterocycles. The van der Waals surface area contributed by atoms with E-state index in [2.05, 4.69) is 6.58 Å². The van der Waals surface area contributed by atoms with Gasteiger partial charge < -0.3 is 14.4 Å². The molecule has 0 fully saturated rings. The van der Waals surface area contributed by atoms with Crippen LogP contribution in [0.1, 0.15) is 22.4 Å². The van der Waals surface area contributed by atoms with Gasteiger partial charge in [-0.2, -0.15) is 0 Å². The summed E-state index contributed by atoms with van der Waals surface area (Å²) in [4.78, 5) is 25.9. The number of ether oxygens (including phenoxy) is 2. The number of amides is 1. The number of hydrogen-bond donors (Lipinski definition) is 0. The fourth-order valence-electron chi connectivity index (χ4n) is 6.81. The Kier molecular flexibility index (Phi) is 9.67. The van der Waals surface area contributed by atoms with E-state index in [9.17, 15) is 18.0 Å². The van der Waals surface area contributed by atoms with Crippen LogP contribution in [0.3, 0.4) is 0 Å². The fraction of sp³-hybridized carbons (Fsp3) is 0.289. The minimum absolute atomic E-state index is 0.0142. The molecule has 258 valence electrons. The van der Waals surface area contributed by atoms with Crippen molar-refractivity contribution in [1.29, 1.82) is 0 Å². The molecule has 0 N–H and O–H groups in total. The van der Waals surface area contributed by atoms with Gasteiger partial charge in [-0.3, -0.25) is 14.7 Å². The van der Waals surface area contributed by atoms with Gasteiger partial charge in [0.15, 0.2) is 0 Å². The zero-order chi connectivity index (χ0) is 34.9. The number of fused-ring (bicyclic) bond motifs is 3. The lowest BCUT2D eigenvalue weighted by Gasteiger charge is -2.28. The highest BCUT2D eigenvalue weighted by Crippen LogP contribution is 2.47. The molecule has 50 heavy (non-hydrogen) atoms. The molecule has 7 rings (SSSR count). The largest absolute Gasteiger partial charge is 0.490 e. The summed E-state index contributed by atoms with van der Waals surface area (Å²) in [5.74, 6) is -1.74. The zero-order valence-electron chi connectivity index (χ0n) is 27.4. The molecule has 2 aromatic carbocycles. The van der Waals surface area contributed by atoms with Gasteiger partial charge in [-0.1, -0.05) is 18.7 Å². The molecule has 2 aliphatic rings. The third-order valence-corrected chi connectivity index (χ3v) is 10.1. The molecule has 5 aromatic rings. The van der Waals surface area contributed by atoms with Gasteiger partial charge in [0, 0.05) is 90.5 Å². The van der Waals surface area contributed by atoms with E-state index in [-0.39, 0.29) is 37.0 Å². The Morgan fingerprint density at radius 1 is 0.980 bits per heavy atom. The lowest BCUT2D eigenvalue weighted by molar-refractivity contribution is -0.126. The fourth-order valence-corrected chi connectivity index (χ4v) is 7.76. The maximum Gasteiger partial charge on any atom is 0.251 e. The van der Waals surface area contributed by atoms with Gasteiger partial charge in [0.1, 0.15) is 24.0 Å². The summed E-state index contributed by atoms with van der Waals surface area (Å²) < 4.78 is 69.1. The molecule has 0 spiro atoms. The molecule has 3 aromatic heterocycles. The van der Waals surface area contributed by atoms with E-state index in [1.807, 2.05) is 35.7 Å². The van der Waals surface area contributed by atoms with Crippen molar-refractivity contribution in [2.24, 2.45) is 0 Å². The van der Waals surface area contributed by atoms with Gasteiger partial charge in [0.05, 0.1) is 30.1 Å². The van der Waals surface area contributed by atoms with Crippen molar-refractivity contribution in [3.63, 3.8) is 0 Å². The predicted octanol–water partition coefficient (Wildman–Crippen LogP) is 7.69. The van der Waals surface area contributed by atoms with E-state index in [1.165, 1.54) is 24.5 Å². The summed E-state index contributed by atoms with van der Waals surface area (Å²) in [7, 11) is 1.51. The second-order valence-corrected chi connectivity index (χ2v) is 13.3. The van der Waals surface area contributed by atoms with E-state index in [0.29, 0.717) is 71.8 Å². The number of pyridine rings is 2. The number of hydrogen-bond acceptors (Lipinski definition) is 7. The first-order chi connectivity index (χ1) is 24.2. The molecule has 0 unspecified atom stereocenters. The molecule has 1 amide bonds. The standard InChI is InChI=1S/C38H34F4N4O3S/c1-3-33(47)46-10-6-22-4-5-23(14-25(22)20-46)37-35(34-29(40)16-27(39)17-31(34)49-12-11-48-2)38-28(8-13-50-38)36(44-37)24-15-26-19-45(21-32(41)42)9-7-30(26)43-18-24/h3-5,8,13-18,32H,1,6-7,9-12,19-21H2,2H3. The first-order valence-electron chi connectivity index (χ1n) is 16.3. The highest BCUT2D eigenvalue weighted by molar-refractivity contribution is 7.18. The number of carbonyl (C=O) groups excluding carboxylic acids is 1. The average Bonchev–Trinajstić information content (AvgIpc) is 3.60. The highest BCUT2D eigenvalue weighted by atomic mass is 32.1. The summed E-state index contributed by atoms with van der Waals surface area (Å²) in [6.07, 6.45) is 1.83. The van der Waals surface area contributed by atoms with Crippen molar-refractivity contribution in [1.82, 2.24) is 19.8 Å². The minimum atomic E-state index is -2.44. The second-order valence-electron chi connectivity index (χ2n) is 12.4. The molecule has 0 atom stereocenters. The van der Waals surface area contributed by atoms with Crippen LogP contribution < -0.4 is 4.74 Å². The highest BCUT2D eigenvalue weighted by Gasteiger charge is 2.28. The number of benzene rings is 2. The van der Waals surface area contributed by atoms with Gasteiger partial charge in [0.25, 0.3) is 6.43 Å². The maximum atomic E-state index is 16.1. The molecule has 0 saturated carbocycles. The third-order valence-electron chi connectivity index (χ3n) is 9.19. The Bertz CT molecular complexity index is 2100. The van der Waals surface area contributed by atoms with E-state index in [4.69, 9.17) is 19.4 Å². The smallest absolute Gasteiger partial charge is 0.251 e. The maximum absolute atomic E-state index is 16.1. The minimum Gasteiger partial charge on any atom is -0.490 e. The number of aromatic nitrogens is 2. The number of methoxy groups -OCH3 is 1. The Balaban J connectivity index is 1.44. The number of nitrogens with zero attached hydrogens (tertiary/aromatic N) is 4. The monoisotopic (exact) mass is 702 g/mol. The van der Waals surface area contributed by atoms with E-state index in [0.717, 1.165) is 39.9 Å². The van der Waals surface area contributed by atoms with Crippen LogP contribution in [0, 0.1) is 11.6 Å². The zero-order valence-corrected chi connectivity index (χ0v) is 28.2. The first kappa shape index (κ1) is 33.8. The Hall–Kier alpha value is -4.65. The Morgan fingerprint density at radius 2 is 1.82 bits per heavy atom. The van der Waals surface area contributed by atoms with Gasteiger partial charge in [0.2, 0.25) is 5.91 Å². The predicted molar refractivity (Wildman–Crippen MR) is 185 cm³/mol. The van der Waals surface area contributed by atoms with Crippen molar-refractivity contribution in [3.05, 3.63) is 101 Å². The normalized spacial score (nSPS) is 14.6. The number of alkyl halides is 2. The lowest BCUT2D eigenvalue weighted by Crippen LogP contribution is -2.34. The van der Waals surface area contributed by atoms with Crippen LogP contribution in [0.5, 0.6) is 5.75 Å². The molecular weight excluding hydrogens is 669 g/mol. The van der Waals surface area contributed by atoms with Crippen LogP contribution in [0.25, 0.3) is 43.7 Å². The topological polar surface area (TPSA) is 67.8 Å². The Morgan fingerprint density at radius 3 is 2.62 bits per heavy atom. The third kappa shape index (κ3) is 6.62. The van der Waals surface area contributed by atoms with E-state index in [1.54, 1.807) is 16.0 Å². The average molecular weight is 703 g/mol. The van der Waals surface area contributed by atoms with Gasteiger partial charge in [-0.15, -0.1) is 11.3 Å². The van der Waals surface area contributed by atoms with Crippen LogP contribution in [-0.2, 0) is 35.5 Å². The molecule has 0 aliphatic carbocycles. The van der Waals surface area contributed by atoms with Gasteiger partial charge in [-0.05, 0) is 52.8 Å². The summed E-state index contributed by atoms with van der Waals surface area (Å²) in [6.45, 7) is 5.37. The van der Waals surface area contributed by atoms with Crippen molar-refractivity contribution < 1.29 is 31.8 Å². The number of carbonyl (C=O) groups is 1. The van der Waals surface area contributed by atoms with Crippen LogP contribution in [-0.4, -0.2) is 72.1 Å². The lowest BCUT2D eigenvalue weighted by atomic mass is 9.91. The molecule has 5 heterocycles. The van der Waals surface area contributed by atoms with Crippen LogP contribution >= 0.6 is 11.3 Å². The number of rotatable bonds is 10. The van der Waals surface area contributed by atoms with Crippen LogP contribution in [0.2, 0.25) is 0 Å². The molecule has 0 radical (unpaired) electrons. The van der Waals surface area contributed by atoms with Crippen molar-refractivity contribution in [2.45, 2.75) is 32.4 Å². The van der Waals surface area contributed by atoms with Crippen LogP contribution in [0.4, 0.5) is 17.6 Å². The van der Waals surface area contributed by atoms with E-state index < -0.39 is 18.1 Å². The number of thiophene rings is 1. The van der Waals surface area contributed by atoms with Gasteiger partial charge >= 0.3 is 0 Å².